The molecule has 4 rings (SSSR count). The third-order valence-electron chi connectivity index (χ3n) is 6.60. The van der Waals surface area contributed by atoms with Gasteiger partial charge in [0.1, 0.15) is 7.05 Å². The van der Waals surface area contributed by atoms with Crippen LogP contribution in [0.5, 0.6) is 0 Å². The Kier molecular flexibility index (Phi) is 5.35. The van der Waals surface area contributed by atoms with Crippen LogP contribution in [-0.2, 0) is 7.05 Å². The van der Waals surface area contributed by atoms with E-state index < -0.39 is 0 Å². The number of rotatable bonds is 3. The molecule has 28 heavy (non-hydrogen) atoms. The van der Waals surface area contributed by atoms with Crippen LogP contribution in [-0.4, -0.2) is 0 Å². The molecular formula is C27H32N+. The minimum absolute atomic E-state index is 0.730. The molecule has 0 radical (unpaired) electrons. The molecule has 0 amide bonds. The smallest absolute Gasteiger partial charge is 0.201 e. The number of aromatic nitrogens is 1. The summed E-state index contributed by atoms with van der Waals surface area (Å²) >= 11 is 0. The van der Waals surface area contributed by atoms with Gasteiger partial charge < -0.3 is 0 Å². The van der Waals surface area contributed by atoms with E-state index in [1.165, 1.54) is 71.2 Å². The first-order valence-corrected chi connectivity index (χ1v) is 10.7. The molecule has 3 aromatic rings. The zero-order valence-electron chi connectivity index (χ0n) is 17.8. The van der Waals surface area contributed by atoms with Gasteiger partial charge in [-0.15, -0.1) is 0 Å². The highest BCUT2D eigenvalue weighted by Crippen LogP contribution is 2.37. The Morgan fingerprint density at radius 2 is 1.43 bits per heavy atom. The lowest BCUT2D eigenvalue weighted by Crippen LogP contribution is -2.32. The van der Waals surface area contributed by atoms with Crippen molar-refractivity contribution in [2.75, 3.05) is 0 Å². The number of pyridine rings is 1. The van der Waals surface area contributed by atoms with Crippen LogP contribution in [0.15, 0.2) is 54.7 Å². The molecule has 0 saturated heterocycles. The van der Waals surface area contributed by atoms with E-state index in [2.05, 4.69) is 87.1 Å². The molecule has 0 spiro atoms. The SMILES string of the molecule is Cc1ccccc1-c1cccc(-c2cc(C3CCCCC3)c(C)c[n+]2C)c1C. The van der Waals surface area contributed by atoms with Gasteiger partial charge in [0, 0.05) is 17.2 Å². The summed E-state index contributed by atoms with van der Waals surface area (Å²) in [6.45, 7) is 6.76. The average Bonchev–Trinajstić information content (AvgIpc) is 2.70. The van der Waals surface area contributed by atoms with Crippen molar-refractivity contribution in [2.24, 2.45) is 7.05 Å². The van der Waals surface area contributed by atoms with Crippen molar-refractivity contribution in [3.05, 3.63) is 77.0 Å². The van der Waals surface area contributed by atoms with Crippen molar-refractivity contribution >= 4 is 0 Å². The molecule has 1 nitrogen and oxygen atoms in total. The van der Waals surface area contributed by atoms with Crippen LogP contribution < -0.4 is 4.57 Å². The Balaban J connectivity index is 1.83. The van der Waals surface area contributed by atoms with Crippen molar-refractivity contribution in [1.82, 2.24) is 0 Å². The Morgan fingerprint density at radius 1 is 0.750 bits per heavy atom. The topological polar surface area (TPSA) is 3.88 Å². The molecular weight excluding hydrogens is 338 g/mol. The summed E-state index contributed by atoms with van der Waals surface area (Å²) in [6.07, 6.45) is 9.18. The van der Waals surface area contributed by atoms with Crippen LogP contribution in [0.25, 0.3) is 22.4 Å². The molecule has 144 valence electrons. The second-order valence-corrected chi connectivity index (χ2v) is 8.54. The highest BCUT2D eigenvalue weighted by molar-refractivity contribution is 5.77. The minimum atomic E-state index is 0.730. The highest BCUT2D eigenvalue weighted by Gasteiger charge is 2.23. The van der Waals surface area contributed by atoms with Gasteiger partial charge in [-0.3, -0.25) is 0 Å². The van der Waals surface area contributed by atoms with Crippen LogP contribution in [0.1, 0.15) is 60.3 Å². The quantitative estimate of drug-likeness (QED) is 0.445. The van der Waals surface area contributed by atoms with Gasteiger partial charge in [0.15, 0.2) is 6.20 Å². The first-order chi connectivity index (χ1) is 13.6. The Labute approximate surface area is 170 Å². The van der Waals surface area contributed by atoms with E-state index in [1.54, 1.807) is 5.56 Å². The lowest BCUT2D eigenvalue weighted by atomic mass is 9.82. The molecule has 1 aliphatic rings. The Hall–Kier alpha value is -2.41. The average molecular weight is 371 g/mol. The number of nitrogens with zero attached hydrogens (tertiary/aromatic N) is 1. The van der Waals surface area contributed by atoms with Crippen molar-refractivity contribution in [3.8, 4) is 22.4 Å². The number of benzene rings is 2. The lowest BCUT2D eigenvalue weighted by molar-refractivity contribution is -0.660. The minimum Gasteiger partial charge on any atom is -0.201 e. The standard InChI is InChI=1S/C27H32N/c1-19-11-8-9-14-23(19)24-15-10-16-25(21(24)3)27-17-26(20(2)18-28(27)4)22-12-6-5-7-13-22/h8-11,14-18,22H,5-7,12-13H2,1-4H3/q+1. The van der Waals surface area contributed by atoms with Gasteiger partial charge in [-0.1, -0.05) is 55.7 Å². The van der Waals surface area contributed by atoms with E-state index >= 15 is 0 Å². The molecule has 0 atom stereocenters. The van der Waals surface area contributed by atoms with Gasteiger partial charge in [-0.05, 0) is 73.4 Å². The molecule has 1 saturated carbocycles. The predicted molar refractivity (Wildman–Crippen MR) is 119 cm³/mol. The molecule has 1 fully saturated rings. The van der Waals surface area contributed by atoms with Gasteiger partial charge in [0.05, 0.1) is 0 Å². The number of hydrogen-bond acceptors (Lipinski definition) is 0. The third-order valence-corrected chi connectivity index (χ3v) is 6.60. The molecule has 1 aromatic heterocycles. The van der Waals surface area contributed by atoms with Gasteiger partial charge in [-0.2, -0.15) is 0 Å². The first kappa shape index (κ1) is 18.9. The van der Waals surface area contributed by atoms with Gasteiger partial charge in [-0.25, -0.2) is 4.57 Å². The van der Waals surface area contributed by atoms with Crippen molar-refractivity contribution < 1.29 is 4.57 Å². The molecule has 0 N–H and O–H groups in total. The van der Waals surface area contributed by atoms with Gasteiger partial charge in [0.2, 0.25) is 5.69 Å². The summed E-state index contributed by atoms with van der Waals surface area (Å²) in [5.41, 5.74) is 11.1. The van der Waals surface area contributed by atoms with Crippen LogP contribution in [0.4, 0.5) is 0 Å². The first-order valence-electron chi connectivity index (χ1n) is 10.7. The van der Waals surface area contributed by atoms with Crippen LogP contribution in [0.2, 0.25) is 0 Å². The predicted octanol–water partition coefficient (Wildman–Crippen LogP) is 6.82. The summed E-state index contributed by atoms with van der Waals surface area (Å²) in [5.74, 6) is 0.730. The molecule has 1 aliphatic carbocycles. The maximum Gasteiger partial charge on any atom is 0.212 e. The van der Waals surface area contributed by atoms with E-state index in [-0.39, 0.29) is 0 Å². The molecule has 1 heterocycles. The molecule has 0 bridgehead atoms. The van der Waals surface area contributed by atoms with E-state index in [0.717, 1.165) is 5.92 Å². The largest absolute Gasteiger partial charge is 0.212 e. The Morgan fingerprint density at radius 3 is 2.18 bits per heavy atom. The molecule has 0 unspecified atom stereocenters. The van der Waals surface area contributed by atoms with Crippen LogP contribution in [0.3, 0.4) is 0 Å². The third kappa shape index (κ3) is 3.51. The van der Waals surface area contributed by atoms with Gasteiger partial charge >= 0.3 is 0 Å². The zero-order valence-corrected chi connectivity index (χ0v) is 17.8. The fraction of sp³-hybridized carbons (Fsp3) is 0.370. The fourth-order valence-corrected chi connectivity index (χ4v) is 5.00. The van der Waals surface area contributed by atoms with Crippen molar-refractivity contribution in [3.63, 3.8) is 0 Å². The second kappa shape index (κ2) is 7.91. The summed E-state index contributed by atoms with van der Waals surface area (Å²) in [7, 11) is 2.19. The second-order valence-electron chi connectivity index (χ2n) is 8.54. The van der Waals surface area contributed by atoms with Crippen molar-refractivity contribution in [1.29, 1.82) is 0 Å². The van der Waals surface area contributed by atoms with E-state index in [1.807, 2.05) is 0 Å². The summed E-state index contributed by atoms with van der Waals surface area (Å²) in [5, 5.41) is 0. The monoisotopic (exact) mass is 370 g/mol. The molecule has 0 aliphatic heterocycles. The van der Waals surface area contributed by atoms with E-state index in [4.69, 9.17) is 0 Å². The van der Waals surface area contributed by atoms with Gasteiger partial charge in [0.25, 0.3) is 0 Å². The molecule has 2 aromatic carbocycles. The Bertz CT molecular complexity index is 993. The summed E-state index contributed by atoms with van der Waals surface area (Å²) < 4.78 is 2.31. The van der Waals surface area contributed by atoms with E-state index in [9.17, 15) is 0 Å². The van der Waals surface area contributed by atoms with E-state index in [0.29, 0.717) is 0 Å². The number of aryl methyl sites for hydroxylation is 3. The van der Waals surface area contributed by atoms with Crippen molar-refractivity contribution in [2.45, 2.75) is 58.8 Å². The summed E-state index contributed by atoms with van der Waals surface area (Å²) in [6, 6.07) is 17.9. The van der Waals surface area contributed by atoms with Crippen LogP contribution in [0, 0.1) is 20.8 Å². The maximum absolute atomic E-state index is 2.48. The normalized spacial score (nSPS) is 15.0. The lowest BCUT2D eigenvalue weighted by Gasteiger charge is -2.23. The molecule has 1 heteroatoms. The fourth-order valence-electron chi connectivity index (χ4n) is 5.00. The van der Waals surface area contributed by atoms with Crippen LogP contribution >= 0.6 is 0 Å². The summed E-state index contributed by atoms with van der Waals surface area (Å²) in [4.78, 5) is 0. The highest BCUT2D eigenvalue weighted by atomic mass is 14.9. The zero-order chi connectivity index (χ0) is 19.7. The maximum atomic E-state index is 2.48. The number of hydrogen-bond donors (Lipinski definition) is 0.